The maximum atomic E-state index is 12.1. The van der Waals surface area contributed by atoms with Gasteiger partial charge in [0.05, 0.1) is 0 Å². The summed E-state index contributed by atoms with van der Waals surface area (Å²) in [4.78, 5) is 18.4. The standard InChI is InChI=1S/C28H35N5O3/c1-2-3-4-5-6-8-11-21-14-16-23(17-15-21)25-30-26(36-32-25)24-18-19-33(24)27(29)31-28(34)35-20-22-12-9-7-10-13-22/h7,9-10,12-17,24H,2-6,8,11,18-20H2,1H3,(H2,29,31,34)/t24-/m0/s1. The molecule has 1 aromatic heterocycles. The molecule has 1 saturated heterocycles. The number of unbranched alkanes of at least 4 members (excludes halogenated alkanes) is 5. The molecule has 1 aliphatic heterocycles. The molecule has 8 nitrogen and oxygen atoms in total. The number of hydrogen-bond acceptors (Lipinski definition) is 6. The van der Waals surface area contributed by atoms with E-state index in [0.29, 0.717) is 18.3 Å². The van der Waals surface area contributed by atoms with Gasteiger partial charge >= 0.3 is 6.09 Å². The van der Waals surface area contributed by atoms with E-state index in [1.54, 1.807) is 4.90 Å². The number of aryl methyl sites for hydroxylation is 1. The van der Waals surface area contributed by atoms with Crippen LogP contribution in [0.5, 0.6) is 0 Å². The molecular weight excluding hydrogens is 454 g/mol. The molecule has 0 bridgehead atoms. The Morgan fingerprint density at radius 3 is 2.53 bits per heavy atom. The van der Waals surface area contributed by atoms with Gasteiger partial charge in [0, 0.05) is 12.1 Å². The molecule has 1 fully saturated rings. The highest BCUT2D eigenvalue weighted by molar-refractivity contribution is 5.92. The summed E-state index contributed by atoms with van der Waals surface area (Å²) in [6, 6.07) is 17.5. The van der Waals surface area contributed by atoms with E-state index in [4.69, 9.17) is 14.7 Å². The molecular formula is C28H35N5O3. The molecule has 0 aliphatic carbocycles. The van der Waals surface area contributed by atoms with E-state index in [2.05, 4.69) is 34.5 Å². The third-order valence-electron chi connectivity index (χ3n) is 6.50. The summed E-state index contributed by atoms with van der Waals surface area (Å²) in [5, 5.41) is 14.9. The van der Waals surface area contributed by atoms with Crippen molar-refractivity contribution in [1.29, 1.82) is 5.41 Å². The quantitative estimate of drug-likeness (QED) is 0.187. The number of aromatic nitrogens is 2. The predicted octanol–water partition coefficient (Wildman–Crippen LogP) is 6.25. The lowest BCUT2D eigenvalue weighted by molar-refractivity contribution is 0.125. The topological polar surface area (TPSA) is 104 Å². The van der Waals surface area contributed by atoms with E-state index in [-0.39, 0.29) is 18.6 Å². The molecule has 8 heteroatoms. The third kappa shape index (κ3) is 6.93. The number of nitrogens with zero attached hydrogens (tertiary/aromatic N) is 3. The van der Waals surface area contributed by atoms with Crippen LogP contribution in [0.3, 0.4) is 0 Å². The van der Waals surface area contributed by atoms with Crippen LogP contribution in [-0.4, -0.2) is 33.6 Å². The number of carbonyl (C=O) groups is 1. The third-order valence-corrected chi connectivity index (χ3v) is 6.50. The molecule has 1 aliphatic rings. The number of carbonyl (C=O) groups excluding carboxylic acids is 1. The van der Waals surface area contributed by atoms with Gasteiger partial charge in [-0.25, -0.2) is 4.79 Å². The Morgan fingerprint density at radius 2 is 1.81 bits per heavy atom. The molecule has 2 heterocycles. The molecule has 3 aromatic rings. The molecule has 36 heavy (non-hydrogen) atoms. The van der Waals surface area contributed by atoms with Gasteiger partial charge in [-0.1, -0.05) is 98.8 Å². The van der Waals surface area contributed by atoms with Crippen molar-refractivity contribution in [3.63, 3.8) is 0 Å². The minimum absolute atomic E-state index is 0.0388. The van der Waals surface area contributed by atoms with Crippen LogP contribution in [0.15, 0.2) is 59.1 Å². The summed E-state index contributed by atoms with van der Waals surface area (Å²) < 4.78 is 10.7. The summed E-state index contributed by atoms with van der Waals surface area (Å²) in [5.74, 6) is 0.935. The first-order chi connectivity index (χ1) is 17.6. The molecule has 4 rings (SSSR count). The number of guanidine groups is 1. The van der Waals surface area contributed by atoms with Crippen molar-refractivity contribution in [3.8, 4) is 11.4 Å². The number of hydrogen-bond donors (Lipinski definition) is 2. The maximum Gasteiger partial charge on any atom is 0.414 e. The molecule has 1 amide bonds. The Kier molecular flexibility index (Phi) is 9.08. The lowest BCUT2D eigenvalue weighted by Gasteiger charge is -2.39. The Labute approximate surface area is 212 Å². The second-order valence-corrected chi connectivity index (χ2v) is 9.20. The van der Waals surface area contributed by atoms with Gasteiger partial charge in [0.2, 0.25) is 17.7 Å². The first-order valence-corrected chi connectivity index (χ1v) is 12.9. The van der Waals surface area contributed by atoms with Crippen molar-refractivity contribution >= 4 is 12.1 Å². The van der Waals surface area contributed by atoms with E-state index < -0.39 is 6.09 Å². The number of amides is 1. The Balaban J connectivity index is 1.24. The fourth-order valence-electron chi connectivity index (χ4n) is 4.26. The van der Waals surface area contributed by atoms with E-state index in [1.165, 1.54) is 44.1 Å². The van der Waals surface area contributed by atoms with Gasteiger partial charge in [0.25, 0.3) is 0 Å². The number of nitrogens with one attached hydrogen (secondary N) is 2. The monoisotopic (exact) mass is 489 g/mol. The average Bonchev–Trinajstić information content (AvgIpc) is 3.34. The van der Waals surface area contributed by atoms with Crippen LogP contribution in [0, 0.1) is 5.41 Å². The lowest BCUT2D eigenvalue weighted by atomic mass is 10.0. The summed E-state index contributed by atoms with van der Waals surface area (Å²) >= 11 is 0. The van der Waals surface area contributed by atoms with Gasteiger partial charge in [-0.05, 0) is 30.4 Å². The van der Waals surface area contributed by atoms with Crippen molar-refractivity contribution < 1.29 is 14.1 Å². The fraction of sp³-hybridized carbons (Fsp3) is 0.429. The van der Waals surface area contributed by atoms with Crippen molar-refractivity contribution in [2.45, 2.75) is 70.9 Å². The van der Waals surface area contributed by atoms with E-state index >= 15 is 0 Å². The zero-order valence-corrected chi connectivity index (χ0v) is 20.9. The van der Waals surface area contributed by atoms with Crippen molar-refractivity contribution in [1.82, 2.24) is 20.4 Å². The SMILES string of the molecule is CCCCCCCCc1ccc(-c2noc([C@@H]3CCN3C(=N)NC(=O)OCc3ccccc3)n2)cc1. The van der Waals surface area contributed by atoms with E-state index in [0.717, 1.165) is 24.0 Å². The second-order valence-electron chi connectivity index (χ2n) is 9.20. The Bertz CT molecular complexity index is 1110. The van der Waals surface area contributed by atoms with Crippen LogP contribution < -0.4 is 5.32 Å². The van der Waals surface area contributed by atoms with Crippen LogP contribution in [0.2, 0.25) is 0 Å². The van der Waals surface area contributed by atoms with Crippen LogP contribution in [0.25, 0.3) is 11.4 Å². The summed E-state index contributed by atoms with van der Waals surface area (Å²) in [7, 11) is 0. The van der Waals surface area contributed by atoms with Gasteiger partial charge in [-0.3, -0.25) is 10.7 Å². The van der Waals surface area contributed by atoms with E-state index in [1.807, 2.05) is 42.5 Å². The van der Waals surface area contributed by atoms with E-state index in [9.17, 15) is 4.79 Å². The maximum absolute atomic E-state index is 12.1. The largest absolute Gasteiger partial charge is 0.444 e. The number of ether oxygens (including phenoxy) is 1. The number of benzene rings is 2. The molecule has 0 unspecified atom stereocenters. The first-order valence-electron chi connectivity index (χ1n) is 12.9. The molecule has 2 N–H and O–H groups in total. The second kappa shape index (κ2) is 12.9. The zero-order chi connectivity index (χ0) is 25.2. The molecule has 1 atom stereocenters. The highest BCUT2D eigenvalue weighted by Gasteiger charge is 2.36. The first kappa shape index (κ1) is 25.4. The van der Waals surface area contributed by atoms with Crippen molar-refractivity contribution in [2.24, 2.45) is 0 Å². The van der Waals surface area contributed by atoms with Crippen LogP contribution in [0.1, 0.15) is 74.9 Å². The van der Waals surface area contributed by atoms with Gasteiger partial charge in [0.1, 0.15) is 12.6 Å². The molecule has 0 spiro atoms. The number of alkyl carbamates (subject to hydrolysis) is 1. The summed E-state index contributed by atoms with van der Waals surface area (Å²) in [6.07, 6.45) is 8.95. The average molecular weight is 490 g/mol. The Hall–Kier alpha value is -3.68. The van der Waals surface area contributed by atoms with Crippen LogP contribution >= 0.6 is 0 Å². The van der Waals surface area contributed by atoms with Gasteiger partial charge in [0.15, 0.2) is 0 Å². The highest BCUT2D eigenvalue weighted by Crippen LogP contribution is 2.33. The fourth-order valence-corrected chi connectivity index (χ4v) is 4.26. The molecule has 2 aromatic carbocycles. The van der Waals surface area contributed by atoms with Gasteiger partial charge in [-0.15, -0.1) is 0 Å². The van der Waals surface area contributed by atoms with Gasteiger partial charge < -0.3 is 14.2 Å². The minimum Gasteiger partial charge on any atom is -0.444 e. The summed E-state index contributed by atoms with van der Waals surface area (Å²) in [5.41, 5.74) is 3.11. The van der Waals surface area contributed by atoms with Crippen molar-refractivity contribution in [2.75, 3.05) is 6.54 Å². The van der Waals surface area contributed by atoms with Crippen LogP contribution in [0.4, 0.5) is 4.79 Å². The number of rotatable bonds is 11. The minimum atomic E-state index is -0.665. The summed E-state index contributed by atoms with van der Waals surface area (Å²) in [6.45, 7) is 3.01. The highest BCUT2D eigenvalue weighted by atomic mass is 16.5. The predicted molar refractivity (Wildman–Crippen MR) is 138 cm³/mol. The molecule has 0 radical (unpaired) electrons. The Morgan fingerprint density at radius 1 is 1.06 bits per heavy atom. The molecule has 190 valence electrons. The normalized spacial score (nSPS) is 14.8. The molecule has 0 saturated carbocycles. The smallest absolute Gasteiger partial charge is 0.414 e. The lowest BCUT2D eigenvalue weighted by Crippen LogP contribution is -2.52. The van der Waals surface area contributed by atoms with Gasteiger partial charge in [-0.2, -0.15) is 4.98 Å². The number of likely N-dealkylation sites (tertiary alicyclic amines) is 1. The van der Waals surface area contributed by atoms with Crippen molar-refractivity contribution in [3.05, 3.63) is 71.6 Å². The van der Waals surface area contributed by atoms with Crippen LogP contribution in [-0.2, 0) is 17.8 Å². The zero-order valence-electron chi connectivity index (χ0n) is 20.9.